The number of aryl methyl sites for hydroxylation is 1. The molecule has 0 saturated carbocycles. The standard InChI is InChI=1S/C11H12Cl2N2/c12-9-4-1-3-8-7-10(13)15(11(8)9)6-2-5-14/h1,3-4,7H,2,5-6,14H2. The lowest BCUT2D eigenvalue weighted by Crippen LogP contribution is -2.05. The molecule has 2 N–H and O–H groups in total. The average molecular weight is 243 g/mol. The van der Waals surface area contributed by atoms with Gasteiger partial charge < -0.3 is 10.3 Å². The zero-order valence-electron chi connectivity index (χ0n) is 8.21. The number of benzene rings is 1. The quantitative estimate of drug-likeness (QED) is 0.880. The van der Waals surface area contributed by atoms with Crippen molar-refractivity contribution in [1.29, 1.82) is 0 Å². The third-order valence-electron chi connectivity index (χ3n) is 2.41. The van der Waals surface area contributed by atoms with E-state index in [1.807, 2.05) is 28.8 Å². The summed E-state index contributed by atoms with van der Waals surface area (Å²) in [6.07, 6.45) is 0.898. The van der Waals surface area contributed by atoms with Gasteiger partial charge in [0.2, 0.25) is 0 Å². The summed E-state index contributed by atoms with van der Waals surface area (Å²) in [6, 6.07) is 7.73. The van der Waals surface area contributed by atoms with Gasteiger partial charge in [0, 0.05) is 11.9 Å². The van der Waals surface area contributed by atoms with Crippen LogP contribution in [0.25, 0.3) is 10.9 Å². The Bertz CT molecular complexity index is 477. The molecule has 0 fully saturated rings. The van der Waals surface area contributed by atoms with Gasteiger partial charge in [-0.25, -0.2) is 0 Å². The van der Waals surface area contributed by atoms with E-state index in [2.05, 4.69) is 0 Å². The Hall–Kier alpha value is -0.700. The van der Waals surface area contributed by atoms with E-state index in [0.717, 1.165) is 28.9 Å². The van der Waals surface area contributed by atoms with Gasteiger partial charge in [-0.05, 0) is 25.1 Å². The second-order valence-electron chi connectivity index (χ2n) is 3.44. The molecule has 0 aliphatic rings. The van der Waals surface area contributed by atoms with Gasteiger partial charge in [0.15, 0.2) is 0 Å². The van der Waals surface area contributed by atoms with E-state index >= 15 is 0 Å². The Morgan fingerprint density at radius 1 is 1.27 bits per heavy atom. The van der Waals surface area contributed by atoms with Gasteiger partial charge in [0.1, 0.15) is 5.15 Å². The second kappa shape index (κ2) is 4.44. The van der Waals surface area contributed by atoms with Gasteiger partial charge in [-0.2, -0.15) is 0 Å². The first-order valence-corrected chi connectivity index (χ1v) is 5.63. The minimum Gasteiger partial charge on any atom is -0.330 e. The van der Waals surface area contributed by atoms with E-state index in [1.165, 1.54) is 0 Å². The minimum atomic E-state index is 0.653. The van der Waals surface area contributed by atoms with E-state index in [9.17, 15) is 0 Å². The molecule has 1 heterocycles. The summed E-state index contributed by atoms with van der Waals surface area (Å²) in [5.41, 5.74) is 6.49. The predicted molar refractivity (Wildman–Crippen MR) is 65.6 cm³/mol. The molecule has 0 spiro atoms. The summed E-state index contributed by atoms with van der Waals surface area (Å²) >= 11 is 12.3. The number of nitrogens with two attached hydrogens (primary N) is 1. The van der Waals surface area contributed by atoms with Crippen molar-refractivity contribution in [1.82, 2.24) is 4.57 Å². The summed E-state index contributed by atoms with van der Waals surface area (Å²) in [7, 11) is 0. The molecule has 0 atom stereocenters. The molecule has 0 bridgehead atoms. The molecule has 0 saturated heterocycles. The Morgan fingerprint density at radius 3 is 2.80 bits per heavy atom. The van der Waals surface area contributed by atoms with Crippen molar-refractivity contribution in [2.75, 3.05) is 6.54 Å². The fraction of sp³-hybridized carbons (Fsp3) is 0.273. The number of nitrogens with zero attached hydrogens (tertiary/aromatic N) is 1. The van der Waals surface area contributed by atoms with Crippen LogP contribution in [0.3, 0.4) is 0 Å². The Balaban J connectivity index is 2.55. The molecule has 80 valence electrons. The molecule has 2 nitrogen and oxygen atoms in total. The molecule has 0 aliphatic heterocycles. The number of para-hydroxylation sites is 1. The van der Waals surface area contributed by atoms with Crippen molar-refractivity contribution >= 4 is 34.1 Å². The van der Waals surface area contributed by atoms with Gasteiger partial charge >= 0.3 is 0 Å². The van der Waals surface area contributed by atoms with Crippen LogP contribution in [0, 0.1) is 0 Å². The highest BCUT2D eigenvalue weighted by Gasteiger charge is 2.09. The average Bonchev–Trinajstić information content (AvgIpc) is 2.53. The van der Waals surface area contributed by atoms with E-state index in [4.69, 9.17) is 28.9 Å². The van der Waals surface area contributed by atoms with Crippen LogP contribution >= 0.6 is 23.2 Å². The zero-order chi connectivity index (χ0) is 10.8. The van der Waals surface area contributed by atoms with Crippen molar-refractivity contribution in [3.05, 3.63) is 34.4 Å². The molecule has 2 rings (SSSR count). The number of hydrogen-bond acceptors (Lipinski definition) is 1. The molecule has 2 aromatic rings. The fourth-order valence-corrected chi connectivity index (χ4v) is 2.28. The summed E-state index contributed by atoms with van der Waals surface area (Å²) in [6.45, 7) is 1.46. The first kappa shape index (κ1) is 10.8. The minimum absolute atomic E-state index is 0.653. The largest absolute Gasteiger partial charge is 0.330 e. The van der Waals surface area contributed by atoms with E-state index < -0.39 is 0 Å². The fourth-order valence-electron chi connectivity index (χ4n) is 1.71. The lowest BCUT2D eigenvalue weighted by atomic mass is 10.2. The third kappa shape index (κ3) is 1.98. The van der Waals surface area contributed by atoms with Crippen LogP contribution in [-0.4, -0.2) is 11.1 Å². The summed E-state index contributed by atoms with van der Waals surface area (Å²) in [4.78, 5) is 0. The van der Waals surface area contributed by atoms with E-state index in [-0.39, 0.29) is 0 Å². The third-order valence-corrected chi connectivity index (χ3v) is 3.02. The molecule has 1 aromatic heterocycles. The van der Waals surface area contributed by atoms with Crippen molar-refractivity contribution in [3.63, 3.8) is 0 Å². The van der Waals surface area contributed by atoms with Crippen LogP contribution < -0.4 is 5.73 Å². The maximum absolute atomic E-state index is 6.14. The molecular weight excluding hydrogens is 231 g/mol. The molecule has 15 heavy (non-hydrogen) atoms. The lowest BCUT2D eigenvalue weighted by molar-refractivity contribution is 0.671. The highest BCUT2D eigenvalue weighted by Crippen LogP contribution is 2.29. The molecule has 1 aromatic carbocycles. The molecule has 0 radical (unpaired) electrons. The molecule has 0 aliphatic carbocycles. The van der Waals surface area contributed by atoms with Crippen molar-refractivity contribution in [3.8, 4) is 0 Å². The monoisotopic (exact) mass is 242 g/mol. The van der Waals surface area contributed by atoms with Crippen molar-refractivity contribution < 1.29 is 0 Å². The number of rotatable bonds is 3. The molecular formula is C11H12Cl2N2. The summed E-state index contributed by atoms with van der Waals surface area (Å²) in [5.74, 6) is 0. The van der Waals surface area contributed by atoms with Crippen LogP contribution in [0.4, 0.5) is 0 Å². The smallest absolute Gasteiger partial charge is 0.110 e. The van der Waals surface area contributed by atoms with E-state index in [0.29, 0.717) is 11.7 Å². The molecule has 0 unspecified atom stereocenters. The maximum atomic E-state index is 6.14. The number of halogens is 2. The SMILES string of the molecule is NCCCn1c(Cl)cc2cccc(Cl)c21. The van der Waals surface area contributed by atoms with Crippen LogP contribution in [0.15, 0.2) is 24.3 Å². The van der Waals surface area contributed by atoms with Crippen LogP contribution in [0.1, 0.15) is 6.42 Å². The Morgan fingerprint density at radius 2 is 2.07 bits per heavy atom. The Labute approximate surface area is 98.6 Å². The summed E-state index contributed by atoms with van der Waals surface area (Å²) in [5, 5.41) is 2.52. The van der Waals surface area contributed by atoms with Crippen molar-refractivity contribution in [2.24, 2.45) is 5.73 Å². The van der Waals surface area contributed by atoms with Gasteiger partial charge in [-0.15, -0.1) is 0 Å². The van der Waals surface area contributed by atoms with Crippen LogP contribution in [0.5, 0.6) is 0 Å². The normalized spacial score (nSPS) is 11.1. The highest BCUT2D eigenvalue weighted by molar-refractivity contribution is 6.36. The first-order chi connectivity index (χ1) is 7.24. The number of hydrogen-bond donors (Lipinski definition) is 1. The predicted octanol–water partition coefficient (Wildman–Crippen LogP) is 3.30. The van der Waals surface area contributed by atoms with Crippen LogP contribution in [-0.2, 0) is 6.54 Å². The number of fused-ring (bicyclic) bond motifs is 1. The van der Waals surface area contributed by atoms with Gasteiger partial charge in [-0.3, -0.25) is 0 Å². The van der Waals surface area contributed by atoms with Gasteiger partial charge in [-0.1, -0.05) is 35.3 Å². The zero-order valence-corrected chi connectivity index (χ0v) is 9.72. The van der Waals surface area contributed by atoms with Gasteiger partial charge in [0.25, 0.3) is 0 Å². The van der Waals surface area contributed by atoms with E-state index in [1.54, 1.807) is 0 Å². The van der Waals surface area contributed by atoms with Crippen LogP contribution in [0.2, 0.25) is 10.2 Å². The lowest BCUT2D eigenvalue weighted by Gasteiger charge is -2.06. The van der Waals surface area contributed by atoms with Gasteiger partial charge in [0.05, 0.1) is 10.5 Å². The topological polar surface area (TPSA) is 30.9 Å². The Kier molecular flexibility index (Phi) is 3.19. The first-order valence-electron chi connectivity index (χ1n) is 4.87. The highest BCUT2D eigenvalue weighted by atomic mass is 35.5. The molecule has 0 amide bonds. The number of aromatic nitrogens is 1. The summed E-state index contributed by atoms with van der Waals surface area (Å²) < 4.78 is 2.01. The maximum Gasteiger partial charge on any atom is 0.110 e. The molecule has 4 heteroatoms. The second-order valence-corrected chi connectivity index (χ2v) is 4.23. The van der Waals surface area contributed by atoms with Crippen molar-refractivity contribution in [2.45, 2.75) is 13.0 Å².